The van der Waals surface area contributed by atoms with Gasteiger partial charge >= 0.3 is 6.03 Å². The first kappa shape index (κ1) is 14.2. The molecule has 0 aromatic carbocycles. The molecule has 2 aliphatic rings. The molecule has 2 rings (SSSR count). The van der Waals surface area contributed by atoms with Crippen molar-refractivity contribution < 1.29 is 22.6 Å². The number of allylic oxidation sites excluding steroid dienone is 3. The summed E-state index contributed by atoms with van der Waals surface area (Å²) >= 11 is 0. The monoisotopic (exact) mass is 300 g/mol. The van der Waals surface area contributed by atoms with Gasteiger partial charge in [-0.15, -0.1) is 0 Å². The number of nitrogens with zero attached hydrogens (tertiary/aromatic N) is 2. The van der Waals surface area contributed by atoms with Crippen LogP contribution in [0, 0.1) is 0 Å². The zero-order chi connectivity index (χ0) is 15.1. The van der Waals surface area contributed by atoms with Gasteiger partial charge in [0.25, 0.3) is 10.1 Å². The van der Waals surface area contributed by atoms with Crippen molar-refractivity contribution in [1.29, 1.82) is 0 Å². The highest BCUT2D eigenvalue weighted by molar-refractivity contribution is 7.86. The van der Waals surface area contributed by atoms with Gasteiger partial charge in [0.1, 0.15) is 5.71 Å². The third kappa shape index (κ3) is 2.56. The van der Waals surface area contributed by atoms with Crippen LogP contribution in [0.5, 0.6) is 0 Å². The van der Waals surface area contributed by atoms with Crippen LogP contribution in [0.1, 0.15) is 6.42 Å². The number of hydrazone groups is 1. The van der Waals surface area contributed by atoms with Crippen molar-refractivity contribution in [3.05, 3.63) is 23.4 Å². The molecular weight excluding hydrogens is 288 g/mol. The number of hydrogen-bond acceptors (Lipinski definition) is 6. The average Bonchev–Trinajstić information content (AvgIpc) is 2.63. The molecule has 2 amide bonds. The molecule has 10 heteroatoms. The number of nitrogens with one attached hydrogen (secondary N) is 1. The predicted octanol–water partition coefficient (Wildman–Crippen LogP) is -1.05. The largest absolute Gasteiger partial charge is 0.356 e. The number of carbonyl (C=O) groups excluding carboxylic acids is 2. The van der Waals surface area contributed by atoms with Gasteiger partial charge in [0, 0.05) is 25.2 Å². The number of primary amides is 1. The Kier molecular flexibility index (Phi) is 3.36. The number of likely N-dealkylation sites (N-methyl/N-ethyl adjacent to an activating group) is 1. The van der Waals surface area contributed by atoms with Crippen molar-refractivity contribution >= 4 is 27.6 Å². The zero-order valence-corrected chi connectivity index (χ0v) is 11.2. The lowest BCUT2D eigenvalue weighted by Gasteiger charge is -2.20. The molecule has 20 heavy (non-hydrogen) atoms. The summed E-state index contributed by atoms with van der Waals surface area (Å²) in [5.41, 5.74) is 7.63. The first-order valence-electron chi connectivity index (χ1n) is 5.49. The Morgan fingerprint density at radius 1 is 1.55 bits per heavy atom. The smallest absolute Gasteiger partial charge is 0.332 e. The first-order chi connectivity index (χ1) is 9.20. The molecule has 0 aromatic rings. The zero-order valence-electron chi connectivity index (χ0n) is 10.4. The summed E-state index contributed by atoms with van der Waals surface area (Å²) in [7, 11) is -2.81. The van der Waals surface area contributed by atoms with Crippen LogP contribution >= 0.6 is 0 Å². The standard InChI is InChI=1S/C10H12N4O5S/c1-14-7-4-8(15)6(12-13-10(11)16)2-5(7)3-9(14)20(17,18)19/h2,4,9H,3H2,1H3,(H3,11,13,16)(H,17,18,19)/b12-6+. The normalized spacial score (nSPS) is 24.3. The molecule has 1 fully saturated rings. The highest BCUT2D eigenvalue weighted by Crippen LogP contribution is 2.35. The number of rotatable bonds is 2. The van der Waals surface area contributed by atoms with Crippen LogP contribution in [-0.2, 0) is 14.9 Å². The van der Waals surface area contributed by atoms with Crippen molar-refractivity contribution in [3.8, 4) is 0 Å². The average molecular weight is 300 g/mol. The van der Waals surface area contributed by atoms with Crippen molar-refractivity contribution in [1.82, 2.24) is 10.3 Å². The van der Waals surface area contributed by atoms with Crippen LogP contribution < -0.4 is 11.2 Å². The van der Waals surface area contributed by atoms with Crippen molar-refractivity contribution in [2.75, 3.05) is 7.05 Å². The Bertz CT molecular complexity index is 676. The maximum Gasteiger partial charge on any atom is 0.332 e. The molecule has 1 aliphatic carbocycles. The summed E-state index contributed by atoms with van der Waals surface area (Å²) in [5, 5.41) is 2.39. The van der Waals surface area contributed by atoms with Gasteiger partial charge in [-0.2, -0.15) is 13.5 Å². The summed E-state index contributed by atoms with van der Waals surface area (Å²) in [6.07, 6.45) is 2.57. The molecule has 0 radical (unpaired) electrons. The van der Waals surface area contributed by atoms with Gasteiger partial charge in [-0.1, -0.05) is 0 Å². The highest BCUT2D eigenvalue weighted by Gasteiger charge is 2.39. The maximum atomic E-state index is 11.8. The molecule has 4 N–H and O–H groups in total. The summed E-state index contributed by atoms with van der Waals surface area (Å²) in [4.78, 5) is 23.6. The Labute approximate surface area is 114 Å². The minimum absolute atomic E-state index is 0.0179. The second-order valence-corrected chi connectivity index (χ2v) is 5.90. The lowest BCUT2D eigenvalue weighted by atomic mass is 10.0. The van der Waals surface area contributed by atoms with E-state index in [1.54, 1.807) is 0 Å². The SMILES string of the molecule is CN1C2=CC(=O)/C(=N/NC(N)=O)C=C2CC1S(=O)(=O)O. The highest BCUT2D eigenvalue weighted by atomic mass is 32.2. The number of ketones is 1. The minimum atomic E-state index is -4.27. The molecule has 0 spiro atoms. The number of nitrogens with two attached hydrogens (primary N) is 1. The quantitative estimate of drug-likeness (QED) is 0.337. The molecule has 0 saturated carbocycles. The van der Waals surface area contributed by atoms with E-state index in [2.05, 4.69) is 5.10 Å². The fourth-order valence-corrected chi connectivity index (χ4v) is 2.98. The Morgan fingerprint density at radius 3 is 2.75 bits per heavy atom. The molecule has 0 aromatic heterocycles. The van der Waals surface area contributed by atoms with Crippen molar-refractivity contribution in [3.63, 3.8) is 0 Å². The fourth-order valence-electron chi connectivity index (χ4n) is 2.08. The van der Waals surface area contributed by atoms with E-state index in [-0.39, 0.29) is 12.1 Å². The second kappa shape index (κ2) is 4.72. The molecule has 1 saturated heterocycles. The van der Waals surface area contributed by atoms with Gasteiger partial charge in [0.05, 0.1) is 0 Å². The molecule has 1 aliphatic heterocycles. The van der Waals surface area contributed by atoms with E-state index in [4.69, 9.17) is 10.3 Å². The molecule has 108 valence electrons. The van der Waals surface area contributed by atoms with Gasteiger partial charge in [0.2, 0.25) is 5.78 Å². The van der Waals surface area contributed by atoms with Gasteiger partial charge in [-0.05, 0) is 11.6 Å². The topological polar surface area (TPSA) is 142 Å². The van der Waals surface area contributed by atoms with Gasteiger partial charge in [-0.25, -0.2) is 10.2 Å². The molecule has 0 bridgehead atoms. The number of amides is 2. The van der Waals surface area contributed by atoms with Crippen LogP contribution in [0.3, 0.4) is 0 Å². The fraction of sp³-hybridized carbons (Fsp3) is 0.300. The van der Waals surface area contributed by atoms with Crippen LogP contribution in [-0.4, -0.2) is 47.8 Å². The van der Waals surface area contributed by atoms with Crippen molar-refractivity contribution in [2.45, 2.75) is 11.8 Å². The molecule has 1 heterocycles. The first-order valence-corrected chi connectivity index (χ1v) is 6.99. The van der Waals surface area contributed by atoms with Gasteiger partial charge < -0.3 is 10.6 Å². The van der Waals surface area contributed by atoms with E-state index in [0.717, 1.165) is 0 Å². The summed E-state index contributed by atoms with van der Waals surface area (Å²) in [6, 6.07) is -0.919. The van der Waals surface area contributed by atoms with Gasteiger partial charge in [-0.3, -0.25) is 9.35 Å². The third-order valence-electron chi connectivity index (χ3n) is 3.00. The Morgan fingerprint density at radius 2 is 2.20 bits per heavy atom. The number of hydrogen-bond donors (Lipinski definition) is 3. The molecule has 1 unspecified atom stereocenters. The number of fused-ring (bicyclic) bond motifs is 1. The van der Waals surface area contributed by atoms with Crippen LogP contribution in [0.2, 0.25) is 0 Å². The summed E-state index contributed by atoms with van der Waals surface area (Å²) in [6.45, 7) is 0. The third-order valence-corrected chi connectivity index (χ3v) is 4.17. The lowest BCUT2D eigenvalue weighted by Crippen LogP contribution is -2.32. The van der Waals surface area contributed by atoms with E-state index in [9.17, 15) is 18.0 Å². The Hall–Kier alpha value is -2.20. The Balaban J connectivity index is 2.36. The van der Waals surface area contributed by atoms with Crippen molar-refractivity contribution in [2.24, 2.45) is 10.8 Å². The lowest BCUT2D eigenvalue weighted by molar-refractivity contribution is -0.109. The number of urea groups is 1. The van der Waals surface area contributed by atoms with E-state index in [1.165, 1.54) is 24.1 Å². The number of carbonyl (C=O) groups is 2. The minimum Gasteiger partial charge on any atom is -0.356 e. The molecular formula is C10H12N4O5S. The summed E-state index contributed by atoms with van der Waals surface area (Å²) in [5.74, 6) is -0.500. The molecule has 1 atom stereocenters. The number of likely N-dealkylation sites (tertiary alicyclic amines) is 1. The maximum absolute atomic E-state index is 11.8. The summed E-state index contributed by atoms with van der Waals surface area (Å²) < 4.78 is 31.6. The van der Waals surface area contributed by atoms with Crippen LogP contribution in [0.25, 0.3) is 0 Å². The van der Waals surface area contributed by atoms with E-state index in [0.29, 0.717) is 11.3 Å². The van der Waals surface area contributed by atoms with Crippen LogP contribution in [0.15, 0.2) is 28.5 Å². The second-order valence-electron chi connectivity index (χ2n) is 4.32. The van der Waals surface area contributed by atoms with E-state index in [1.807, 2.05) is 5.43 Å². The van der Waals surface area contributed by atoms with E-state index >= 15 is 0 Å². The van der Waals surface area contributed by atoms with Gasteiger partial charge in [0.15, 0.2) is 5.37 Å². The molecule has 9 nitrogen and oxygen atoms in total. The predicted molar refractivity (Wildman–Crippen MR) is 69.0 cm³/mol. The van der Waals surface area contributed by atoms with E-state index < -0.39 is 27.3 Å². The van der Waals surface area contributed by atoms with Crippen LogP contribution in [0.4, 0.5) is 4.79 Å².